The first-order chi connectivity index (χ1) is 13.7. The van der Waals surface area contributed by atoms with Gasteiger partial charge in [0.2, 0.25) is 11.7 Å². The second kappa shape index (κ2) is 7.72. The number of carbonyl (C=O) groups excluding carboxylic acids is 2. The molecule has 4 N–H and O–H groups in total. The van der Waals surface area contributed by atoms with E-state index in [-0.39, 0.29) is 22.8 Å². The van der Waals surface area contributed by atoms with Crippen LogP contribution in [0, 0.1) is 15.9 Å². The Hall–Kier alpha value is -3.73. The molecular formula is C17H13ClFN5O5. The van der Waals surface area contributed by atoms with Gasteiger partial charge in [0, 0.05) is 17.5 Å². The minimum absolute atomic E-state index is 0.0823. The first kappa shape index (κ1) is 20.0. The largest absolute Gasteiger partial charge is 0.501 e. The van der Waals surface area contributed by atoms with Gasteiger partial charge in [-0.15, -0.1) is 0 Å². The van der Waals surface area contributed by atoms with E-state index >= 15 is 0 Å². The third-order valence-corrected chi connectivity index (χ3v) is 4.31. The molecular weight excluding hydrogens is 409 g/mol. The molecule has 29 heavy (non-hydrogen) atoms. The van der Waals surface area contributed by atoms with E-state index in [1.165, 1.54) is 17.1 Å². The Labute approximate surface area is 167 Å². The number of nitrogens with one attached hydrogen (secondary N) is 1. The molecule has 0 bridgehead atoms. The van der Waals surface area contributed by atoms with Gasteiger partial charge in [-0.05, 0) is 30.3 Å². The van der Waals surface area contributed by atoms with E-state index in [0.717, 1.165) is 24.3 Å². The minimum atomic E-state index is -0.997. The topological polar surface area (TPSA) is 151 Å². The Kier molecular flexibility index (Phi) is 5.33. The van der Waals surface area contributed by atoms with Crippen molar-refractivity contribution in [2.24, 2.45) is 10.8 Å². The number of hydrogen-bond acceptors (Lipinski definition) is 7. The van der Waals surface area contributed by atoms with Crippen molar-refractivity contribution < 1.29 is 24.0 Å². The van der Waals surface area contributed by atoms with Gasteiger partial charge >= 0.3 is 5.69 Å². The number of anilines is 2. The highest BCUT2D eigenvalue weighted by Crippen LogP contribution is 2.37. The number of benzene rings is 2. The standard InChI is InChI=1S/C17H13ClFN5O5/c18-8-5-11(15(25)13(6-8)24(28)29)21-17(27)12-7-14(16(20)26)23(22-12)10-3-1-9(19)2-4-10/h1-6,14,25H,7H2,(H2,20,26)(H,21,27). The van der Waals surface area contributed by atoms with Crippen molar-refractivity contribution in [3.63, 3.8) is 0 Å². The van der Waals surface area contributed by atoms with Crippen molar-refractivity contribution in [2.45, 2.75) is 12.5 Å². The van der Waals surface area contributed by atoms with E-state index in [4.69, 9.17) is 17.3 Å². The molecule has 1 unspecified atom stereocenters. The fraction of sp³-hybridized carbons (Fsp3) is 0.118. The van der Waals surface area contributed by atoms with Gasteiger partial charge in [-0.25, -0.2) is 4.39 Å². The molecule has 0 fully saturated rings. The minimum Gasteiger partial charge on any atom is -0.501 e. The van der Waals surface area contributed by atoms with Crippen LogP contribution < -0.4 is 16.1 Å². The normalized spacial score (nSPS) is 15.7. The van der Waals surface area contributed by atoms with Crippen molar-refractivity contribution in [3.8, 4) is 5.75 Å². The molecule has 0 saturated heterocycles. The summed E-state index contributed by atoms with van der Waals surface area (Å²) >= 11 is 5.79. The van der Waals surface area contributed by atoms with Crippen LogP contribution in [0.4, 0.5) is 21.5 Å². The van der Waals surface area contributed by atoms with Gasteiger partial charge in [-0.3, -0.25) is 24.7 Å². The van der Waals surface area contributed by atoms with Crippen LogP contribution in [0.25, 0.3) is 0 Å². The zero-order valence-corrected chi connectivity index (χ0v) is 15.3. The summed E-state index contributed by atoms with van der Waals surface area (Å²) in [6.45, 7) is 0. The fourth-order valence-corrected chi connectivity index (χ4v) is 2.93. The molecule has 1 aliphatic rings. The monoisotopic (exact) mass is 421 g/mol. The number of phenolic OH excluding ortho intramolecular Hbond substituents is 1. The Morgan fingerprint density at radius 2 is 2.00 bits per heavy atom. The number of halogens is 2. The zero-order chi connectivity index (χ0) is 21.3. The number of carbonyl (C=O) groups is 2. The molecule has 1 aliphatic heterocycles. The van der Waals surface area contributed by atoms with Gasteiger partial charge in [0.15, 0.2) is 0 Å². The molecule has 0 aliphatic carbocycles. The van der Waals surface area contributed by atoms with E-state index < -0.39 is 40.0 Å². The van der Waals surface area contributed by atoms with Gasteiger partial charge in [0.05, 0.1) is 16.3 Å². The quantitative estimate of drug-likeness (QED) is 0.382. The van der Waals surface area contributed by atoms with Gasteiger partial charge in [0.1, 0.15) is 17.6 Å². The van der Waals surface area contributed by atoms with Gasteiger partial charge in [-0.1, -0.05) is 11.6 Å². The van der Waals surface area contributed by atoms with Crippen LogP contribution in [0.15, 0.2) is 41.5 Å². The number of nitro groups is 1. The summed E-state index contributed by atoms with van der Waals surface area (Å²) in [4.78, 5) is 34.4. The van der Waals surface area contributed by atoms with Crippen molar-refractivity contribution in [1.82, 2.24) is 0 Å². The highest BCUT2D eigenvalue weighted by molar-refractivity contribution is 6.44. The second-order valence-electron chi connectivity index (χ2n) is 6.02. The van der Waals surface area contributed by atoms with E-state index in [0.29, 0.717) is 5.69 Å². The summed E-state index contributed by atoms with van der Waals surface area (Å²) < 4.78 is 13.1. The number of nitro benzene ring substituents is 1. The summed E-state index contributed by atoms with van der Waals surface area (Å²) in [6, 6.07) is 6.10. The van der Waals surface area contributed by atoms with Gasteiger partial charge < -0.3 is 16.2 Å². The van der Waals surface area contributed by atoms with E-state index in [2.05, 4.69) is 10.4 Å². The lowest BCUT2D eigenvalue weighted by Crippen LogP contribution is -2.39. The van der Waals surface area contributed by atoms with Crippen molar-refractivity contribution in [3.05, 3.63) is 57.4 Å². The molecule has 2 amide bonds. The Morgan fingerprint density at radius 3 is 2.59 bits per heavy atom. The first-order valence-electron chi connectivity index (χ1n) is 8.07. The number of nitrogens with zero attached hydrogens (tertiary/aromatic N) is 3. The lowest BCUT2D eigenvalue weighted by atomic mass is 10.1. The second-order valence-corrected chi connectivity index (χ2v) is 6.46. The molecule has 150 valence electrons. The number of phenols is 1. The van der Waals surface area contributed by atoms with Crippen LogP contribution in [0.3, 0.4) is 0 Å². The molecule has 0 aromatic heterocycles. The average Bonchev–Trinajstić information content (AvgIpc) is 3.10. The van der Waals surface area contributed by atoms with Crippen LogP contribution in [0.1, 0.15) is 6.42 Å². The van der Waals surface area contributed by atoms with Crippen molar-refractivity contribution >= 4 is 46.2 Å². The predicted molar refractivity (Wildman–Crippen MR) is 102 cm³/mol. The van der Waals surface area contributed by atoms with Crippen LogP contribution in [0.5, 0.6) is 5.75 Å². The Bertz CT molecular complexity index is 1040. The van der Waals surface area contributed by atoms with E-state index in [1.807, 2.05) is 0 Å². The molecule has 0 spiro atoms. The average molecular weight is 422 g/mol. The first-order valence-corrected chi connectivity index (χ1v) is 8.45. The number of rotatable bonds is 5. The highest BCUT2D eigenvalue weighted by Gasteiger charge is 2.35. The maximum absolute atomic E-state index is 13.1. The fourth-order valence-electron chi connectivity index (χ4n) is 2.71. The van der Waals surface area contributed by atoms with Crippen molar-refractivity contribution in [2.75, 3.05) is 10.3 Å². The third-order valence-electron chi connectivity index (χ3n) is 4.09. The van der Waals surface area contributed by atoms with E-state index in [1.54, 1.807) is 0 Å². The van der Waals surface area contributed by atoms with Gasteiger partial charge in [0.25, 0.3) is 5.91 Å². The molecule has 1 heterocycles. The van der Waals surface area contributed by atoms with Crippen LogP contribution in [-0.2, 0) is 9.59 Å². The van der Waals surface area contributed by atoms with Crippen LogP contribution in [-0.4, -0.2) is 33.6 Å². The van der Waals surface area contributed by atoms with Gasteiger partial charge in [-0.2, -0.15) is 5.10 Å². The van der Waals surface area contributed by atoms with Crippen molar-refractivity contribution in [1.29, 1.82) is 0 Å². The summed E-state index contributed by atoms with van der Waals surface area (Å²) in [6.07, 6.45) is -0.165. The third kappa shape index (κ3) is 4.09. The molecule has 12 heteroatoms. The number of amides is 2. The smallest absolute Gasteiger partial charge is 0.314 e. The number of aromatic hydroxyl groups is 1. The number of primary amides is 1. The molecule has 2 aromatic rings. The molecule has 10 nitrogen and oxygen atoms in total. The zero-order valence-electron chi connectivity index (χ0n) is 14.5. The SMILES string of the molecule is NC(=O)C1CC(C(=O)Nc2cc(Cl)cc([N+](=O)[O-])c2O)=NN1c1ccc(F)cc1. The lowest BCUT2D eigenvalue weighted by molar-refractivity contribution is -0.385. The predicted octanol–water partition coefficient (Wildman–Crippen LogP) is 2.15. The maximum Gasteiger partial charge on any atom is 0.314 e. The summed E-state index contributed by atoms with van der Waals surface area (Å²) in [7, 11) is 0. The summed E-state index contributed by atoms with van der Waals surface area (Å²) in [5.41, 5.74) is 4.59. The molecule has 3 rings (SSSR count). The number of hydrazone groups is 1. The molecule has 1 atom stereocenters. The highest BCUT2D eigenvalue weighted by atomic mass is 35.5. The summed E-state index contributed by atoms with van der Waals surface area (Å²) in [5, 5.41) is 28.4. The Balaban J connectivity index is 1.89. The summed E-state index contributed by atoms with van der Waals surface area (Å²) in [5.74, 6) is -2.87. The number of nitrogens with two attached hydrogens (primary N) is 1. The Morgan fingerprint density at radius 1 is 1.34 bits per heavy atom. The molecule has 2 aromatic carbocycles. The van der Waals surface area contributed by atoms with E-state index in [9.17, 15) is 29.2 Å². The number of hydrogen-bond donors (Lipinski definition) is 3. The molecule has 0 saturated carbocycles. The maximum atomic E-state index is 13.1. The lowest BCUT2D eigenvalue weighted by Gasteiger charge is -2.20. The molecule has 0 radical (unpaired) electrons. The van der Waals surface area contributed by atoms with Crippen LogP contribution >= 0.6 is 11.6 Å². The van der Waals surface area contributed by atoms with Crippen LogP contribution in [0.2, 0.25) is 5.02 Å².